The van der Waals surface area contributed by atoms with Crippen LogP contribution in [-0.4, -0.2) is 42.0 Å². The zero-order valence-electron chi connectivity index (χ0n) is 18.9. The fourth-order valence-corrected chi connectivity index (χ4v) is 3.87. The number of ketones is 1. The molecule has 1 fully saturated rings. The molecule has 5 heteroatoms. The van der Waals surface area contributed by atoms with Crippen LogP contribution in [-0.2, 0) is 19.7 Å². The van der Waals surface area contributed by atoms with E-state index in [0.29, 0.717) is 25.1 Å². The molecule has 1 aliphatic rings. The molecule has 0 radical (unpaired) electrons. The quantitative estimate of drug-likeness (QED) is 0.316. The van der Waals surface area contributed by atoms with E-state index >= 15 is 0 Å². The third kappa shape index (κ3) is 4.72. The second-order valence-corrected chi connectivity index (χ2v) is 9.08. The molecule has 1 N–H and O–H groups in total. The number of aliphatic hydroxyl groups is 1. The molecule has 0 spiro atoms. The number of carbonyl (C=O) groups is 2. The fraction of sp³-hybridized carbons (Fsp3) is 0.385. The van der Waals surface area contributed by atoms with Crippen LogP contribution >= 0.6 is 0 Å². The molecule has 1 aliphatic heterocycles. The van der Waals surface area contributed by atoms with Crippen molar-refractivity contribution in [3.63, 3.8) is 0 Å². The summed E-state index contributed by atoms with van der Waals surface area (Å²) < 4.78 is 5.13. The highest BCUT2D eigenvalue weighted by molar-refractivity contribution is 6.46. The zero-order chi connectivity index (χ0) is 22.8. The van der Waals surface area contributed by atoms with Crippen molar-refractivity contribution in [1.29, 1.82) is 0 Å². The molecule has 0 unspecified atom stereocenters. The summed E-state index contributed by atoms with van der Waals surface area (Å²) in [5.41, 5.74) is 3.66. The summed E-state index contributed by atoms with van der Waals surface area (Å²) >= 11 is 0. The minimum absolute atomic E-state index is 0.0132. The summed E-state index contributed by atoms with van der Waals surface area (Å²) in [6.45, 7) is 9.21. The molecular formula is C26H31NO4. The number of amides is 1. The van der Waals surface area contributed by atoms with E-state index in [-0.39, 0.29) is 16.7 Å². The molecule has 164 valence electrons. The molecule has 31 heavy (non-hydrogen) atoms. The van der Waals surface area contributed by atoms with Crippen LogP contribution in [0.3, 0.4) is 0 Å². The van der Waals surface area contributed by atoms with Gasteiger partial charge in [0.05, 0.1) is 11.6 Å². The largest absolute Gasteiger partial charge is 0.507 e. The van der Waals surface area contributed by atoms with E-state index in [1.165, 1.54) is 0 Å². The van der Waals surface area contributed by atoms with Crippen LogP contribution in [0, 0.1) is 6.92 Å². The Morgan fingerprint density at radius 1 is 1.03 bits per heavy atom. The van der Waals surface area contributed by atoms with Crippen LogP contribution < -0.4 is 0 Å². The third-order valence-corrected chi connectivity index (χ3v) is 5.70. The molecule has 2 aromatic rings. The highest BCUT2D eigenvalue weighted by atomic mass is 16.5. The molecule has 3 rings (SSSR count). The number of benzene rings is 2. The van der Waals surface area contributed by atoms with Crippen molar-refractivity contribution >= 4 is 17.4 Å². The average Bonchev–Trinajstić information content (AvgIpc) is 2.98. The maximum atomic E-state index is 13.0. The first kappa shape index (κ1) is 22.8. The van der Waals surface area contributed by atoms with Gasteiger partial charge in [-0.1, -0.05) is 74.9 Å². The van der Waals surface area contributed by atoms with Gasteiger partial charge in [0.15, 0.2) is 0 Å². The number of aryl methyl sites for hydroxylation is 1. The lowest BCUT2D eigenvalue weighted by Gasteiger charge is -2.26. The lowest BCUT2D eigenvalue weighted by Crippen LogP contribution is -2.31. The molecule has 0 bridgehead atoms. The highest BCUT2D eigenvalue weighted by Gasteiger charge is 2.45. The molecule has 2 aromatic carbocycles. The van der Waals surface area contributed by atoms with E-state index in [1.54, 1.807) is 24.1 Å². The van der Waals surface area contributed by atoms with E-state index in [2.05, 4.69) is 20.8 Å². The molecule has 5 nitrogen and oxygen atoms in total. The predicted molar refractivity (Wildman–Crippen MR) is 122 cm³/mol. The summed E-state index contributed by atoms with van der Waals surface area (Å²) in [4.78, 5) is 27.4. The summed E-state index contributed by atoms with van der Waals surface area (Å²) in [5.74, 6) is -1.38. The van der Waals surface area contributed by atoms with Gasteiger partial charge in [0.25, 0.3) is 11.7 Å². The van der Waals surface area contributed by atoms with Crippen molar-refractivity contribution in [3.8, 4) is 0 Å². The molecule has 1 amide bonds. The van der Waals surface area contributed by atoms with Gasteiger partial charge < -0.3 is 14.7 Å². The van der Waals surface area contributed by atoms with Crippen LogP contribution in [0.5, 0.6) is 0 Å². The van der Waals surface area contributed by atoms with Crippen LogP contribution in [0.2, 0.25) is 0 Å². The number of methoxy groups -OCH3 is 1. The first-order valence-electron chi connectivity index (χ1n) is 10.6. The number of carbonyl (C=O) groups excluding carboxylic acids is 2. The molecule has 1 atom stereocenters. The van der Waals surface area contributed by atoms with Crippen LogP contribution in [0.1, 0.15) is 55.5 Å². The summed E-state index contributed by atoms with van der Waals surface area (Å²) in [5, 5.41) is 11.1. The Bertz CT molecular complexity index is 982. The van der Waals surface area contributed by atoms with Gasteiger partial charge in [-0.05, 0) is 29.9 Å². The maximum Gasteiger partial charge on any atom is 0.295 e. The average molecular weight is 422 g/mol. The lowest BCUT2D eigenvalue weighted by molar-refractivity contribution is -0.140. The smallest absolute Gasteiger partial charge is 0.295 e. The molecule has 1 heterocycles. The standard InChI is InChI=1S/C26H31NO4/c1-17-7-9-19(10-8-17)23(28)21-22(18-11-13-20(14-12-18)26(2,3)4)27(15-6-16-31-5)25(30)24(21)29/h7-14,22,28H,6,15-16H2,1-5H3/b23-21+/t22-/m1/s1. The van der Waals surface area contributed by atoms with Gasteiger partial charge in [0.1, 0.15) is 5.76 Å². The van der Waals surface area contributed by atoms with Crippen molar-refractivity contribution in [3.05, 3.63) is 76.4 Å². The Kier molecular flexibility index (Phi) is 6.65. The minimum atomic E-state index is -0.652. The first-order chi connectivity index (χ1) is 14.6. The molecule has 0 saturated carbocycles. The van der Waals surface area contributed by atoms with Gasteiger partial charge in [-0.2, -0.15) is 0 Å². The summed E-state index contributed by atoms with van der Waals surface area (Å²) in [7, 11) is 1.61. The number of hydrogen-bond acceptors (Lipinski definition) is 4. The number of Topliss-reactive ketones (excluding diaryl/α,β-unsaturated/α-hetero) is 1. The second kappa shape index (κ2) is 9.06. The van der Waals surface area contributed by atoms with Crippen molar-refractivity contribution in [2.24, 2.45) is 0 Å². The molecular weight excluding hydrogens is 390 g/mol. The zero-order valence-corrected chi connectivity index (χ0v) is 18.9. The van der Waals surface area contributed by atoms with Gasteiger partial charge in [-0.3, -0.25) is 9.59 Å². The molecule has 0 aliphatic carbocycles. The van der Waals surface area contributed by atoms with Crippen LogP contribution in [0.4, 0.5) is 0 Å². The summed E-state index contributed by atoms with van der Waals surface area (Å²) in [6.07, 6.45) is 0.602. The van der Waals surface area contributed by atoms with Gasteiger partial charge in [0.2, 0.25) is 0 Å². The van der Waals surface area contributed by atoms with E-state index < -0.39 is 17.7 Å². The Labute approximate surface area is 184 Å². The topological polar surface area (TPSA) is 66.8 Å². The lowest BCUT2D eigenvalue weighted by atomic mass is 9.85. The minimum Gasteiger partial charge on any atom is -0.507 e. The number of aliphatic hydroxyl groups excluding tert-OH is 1. The number of rotatable bonds is 6. The summed E-state index contributed by atoms with van der Waals surface area (Å²) in [6, 6.07) is 14.6. The fourth-order valence-electron chi connectivity index (χ4n) is 3.87. The molecule has 1 saturated heterocycles. The van der Waals surface area contributed by atoms with Gasteiger partial charge in [-0.25, -0.2) is 0 Å². The number of nitrogens with zero attached hydrogens (tertiary/aromatic N) is 1. The number of hydrogen-bond donors (Lipinski definition) is 1. The second-order valence-electron chi connectivity index (χ2n) is 9.08. The third-order valence-electron chi connectivity index (χ3n) is 5.70. The Balaban J connectivity index is 2.11. The number of likely N-dealkylation sites (tertiary alicyclic amines) is 1. The van der Waals surface area contributed by atoms with E-state index in [0.717, 1.165) is 16.7 Å². The van der Waals surface area contributed by atoms with Crippen LogP contribution in [0.25, 0.3) is 5.76 Å². The van der Waals surface area contributed by atoms with E-state index in [4.69, 9.17) is 4.74 Å². The SMILES string of the molecule is COCCCN1C(=O)C(=O)/C(=C(/O)c2ccc(C)cc2)[C@H]1c1ccc(C(C)(C)C)cc1. The Hall–Kier alpha value is -2.92. The Morgan fingerprint density at radius 2 is 1.65 bits per heavy atom. The van der Waals surface area contributed by atoms with Crippen molar-refractivity contribution in [1.82, 2.24) is 4.90 Å². The molecule has 0 aromatic heterocycles. The normalized spacial score (nSPS) is 18.6. The van der Waals surface area contributed by atoms with Gasteiger partial charge >= 0.3 is 0 Å². The van der Waals surface area contributed by atoms with Crippen LogP contribution in [0.15, 0.2) is 54.1 Å². The van der Waals surface area contributed by atoms with Gasteiger partial charge in [0, 0.05) is 25.8 Å². The first-order valence-corrected chi connectivity index (χ1v) is 10.6. The van der Waals surface area contributed by atoms with Crippen molar-refractivity contribution in [2.75, 3.05) is 20.3 Å². The van der Waals surface area contributed by atoms with E-state index in [1.807, 2.05) is 43.3 Å². The van der Waals surface area contributed by atoms with E-state index in [9.17, 15) is 14.7 Å². The highest BCUT2D eigenvalue weighted by Crippen LogP contribution is 2.40. The monoisotopic (exact) mass is 421 g/mol. The van der Waals surface area contributed by atoms with Crippen molar-refractivity contribution < 1.29 is 19.4 Å². The maximum absolute atomic E-state index is 13.0. The van der Waals surface area contributed by atoms with Crippen molar-refractivity contribution in [2.45, 2.75) is 45.6 Å². The predicted octanol–water partition coefficient (Wildman–Crippen LogP) is 4.75. The number of ether oxygens (including phenoxy) is 1. The Morgan fingerprint density at radius 3 is 2.19 bits per heavy atom. The van der Waals surface area contributed by atoms with Gasteiger partial charge in [-0.15, -0.1) is 0 Å².